The highest BCUT2D eigenvalue weighted by atomic mass is 32.2. The second-order valence-electron chi connectivity index (χ2n) is 6.90. The van der Waals surface area contributed by atoms with Gasteiger partial charge in [0, 0.05) is 12.0 Å². The monoisotopic (exact) mass is 345 g/mol. The van der Waals surface area contributed by atoms with Crippen LogP contribution < -0.4 is 5.32 Å². The second-order valence-corrected chi connectivity index (χ2v) is 7.84. The van der Waals surface area contributed by atoms with Crippen LogP contribution in [0.4, 0.5) is 0 Å². The lowest BCUT2D eigenvalue weighted by molar-refractivity contribution is -0.118. The first-order chi connectivity index (χ1) is 11.5. The number of carbonyl (C=O) groups is 1. The smallest absolute Gasteiger partial charge is 0.230 e. The third kappa shape index (κ3) is 3.95. The van der Waals surface area contributed by atoms with Gasteiger partial charge in [-0.2, -0.15) is 0 Å². The predicted molar refractivity (Wildman–Crippen MR) is 94.0 cm³/mol. The van der Waals surface area contributed by atoms with Crippen molar-refractivity contribution in [2.75, 3.05) is 12.3 Å². The lowest BCUT2D eigenvalue weighted by atomic mass is 9.82. The number of rotatable bonds is 7. The Bertz CT molecular complexity index is 723. The zero-order valence-electron chi connectivity index (χ0n) is 14.3. The zero-order chi connectivity index (χ0) is 17.2. The van der Waals surface area contributed by atoms with E-state index in [0.29, 0.717) is 18.3 Å². The number of carbonyl (C=O) groups excluding carboxylic acids is 1. The van der Waals surface area contributed by atoms with E-state index in [0.717, 1.165) is 18.0 Å². The molecule has 1 N–H and O–H groups in total. The minimum Gasteiger partial charge on any atom is -0.355 e. The zero-order valence-corrected chi connectivity index (χ0v) is 15.1. The van der Waals surface area contributed by atoms with Crippen molar-refractivity contribution in [2.24, 2.45) is 0 Å². The molecular weight excluding hydrogens is 322 g/mol. The number of aromatic nitrogens is 4. The average Bonchev–Trinajstić information content (AvgIpc) is 3.29. The van der Waals surface area contributed by atoms with E-state index in [1.54, 1.807) is 0 Å². The van der Waals surface area contributed by atoms with Gasteiger partial charge in [-0.1, -0.05) is 49.9 Å². The molecule has 0 unspecified atom stereocenters. The van der Waals surface area contributed by atoms with Crippen molar-refractivity contribution in [1.29, 1.82) is 0 Å². The van der Waals surface area contributed by atoms with Crippen LogP contribution in [0.2, 0.25) is 0 Å². The van der Waals surface area contributed by atoms with Gasteiger partial charge in [-0.05, 0) is 41.3 Å². The number of amides is 1. The molecule has 0 aliphatic heterocycles. The van der Waals surface area contributed by atoms with Gasteiger partial charge in [0.2, 0.25) is 11.1 Å². The maximum absolute atomic E-state index is 12.2. The first-order valence-corrected chi connectivity index (χ1v) is 9.19. The topological polar surface area (TPSA) is 72.7 Å². The molecule has 0 radical (unpaired) electrons. The highest BCUT2D eigenvalue weighted by Gasteiger charge is 2.28. The van der Waals surface area contributed by atoms with Crippen molar-refractivity contribution in [3.05, 3.63) is 35.4 Å². The first kappa shape index (κ1) is 17.0. The molecule has 2 aromatic rings. The van der Waals surface area contributed by atoms with Gasteiger partial charge >= 0.3 is 0 Å². The van der Waals surface area contributed by atoms with Crippen LogP contribution in [0, 0.1) is 6.92 Å². The Morgan fingerprint density at radius 2 is 2.12 bits per heavy atom. The molecule has 24 heavy (non-hydrogen) atoms. The van der Waals surface area contributed by atoms with Crippen LogP contribution in [0.1, 0.15) is 43.9 Å². The molecule has 1 aliphatic carbocycles. The normalized spacial score (nSPS) is 14.6. The van der Waals surface area contributed by atoms with E-state index in [1.807, 2.05) is 16.8 Å². The van der Waals surface area contributed by atoms with E-state index in [2.05, 4.69) is 53.7 Å². The van der Waals surface area contributed by atoms with E-state index in [-0.39, 0.29) is 11.3 Å². The molecule has 6 nitrogen and oxygen atoms in total. The van der Waals surface area contributed by atoms with Crippen LogP contribution >= 0.6 is 11.8 Å². The van der Waals surface area contributed by atoms with Gasteiger partial charge < -0.3 is 5.32 Å². The minimum atomic E-state index is -0.110. The van der Waals surface area contributed by atoms with Crippen LogP contribution in [0.5, 0.6) is 0 Å². The summed E-state index contributed by atoms with van der Waals surface area (Å²) in [6.07, 6.45) is 2.24. The van der Waals surface area contributed by atoms with Crippen LogP contribution in [-0.2, 0) is 10.2 Å². The molecule has 0 saturated heterocycles. The third-order valence-corrected chi connectivity index (χ3v) is 5.22. The summed E-state index contributed by atoms with van der Waals surface area (Å²) in [5, 5.41) is 15.5. The number of aryl methyl sites for hydroxylation is 1. The first-order valence-electron chi connectivity index (χ1n) is 8.21. The van der Waals surface area contributed by atoms with Crippen molar-refractivity contribution in [3.63, 3.8) is 0 Å². The molecule has 0 atom stereocenters. The second kappa shape index (κ2) is 6.93. The van der Waals surface area contributed by atoms with Crippen LogP contribution in [0.15, 0.2) is 29.4 Å². The molecule has 1 heterocycles. The molecule has 0 bridgehead atoms. The molecular formula is C17H23N5OS. The van der Waals surface area contributed by atoms with Crippen molar-refractivity contribution < 1.29 is 4.79 Å². The van der Waals surface area contributed by atoms with Crippen LogP contribution in [0.3, 0.4) is 0 Å². The third-order valence-electron chi connectivity index (χ3n) is 4.29. The Kier molecular flexibility index (Phi) is 4.89. The Labute approximate surface area is 146 Å². The number of nitrogens with one attached hydrogen (secondary N) is 1. The summed E-state index contributed by atoms with van der Waals surface area (Å²) in [7, 11) is 0. The molecule has 0 spiro atoms. The van der Waals surface area contributed by atoms with Gasteiger partial charge in [0.15, 0.2) is 0 Å². The lowest BCUT2D eigenvalue weighted by Crippen LogP contribution is -2.38. The summed E-state index contributed by atoms with van der Waals surface area (Å²) in [4.78, 5) is 12.2. The van der Waals surface area contributed by atoms with Gasteiger partial charge in [0.25, 0.3) is 0 Å². The molecule has 1 aromatic heterocycles. The maximum Gasteiger partial charge on any atom is 0.230 e. The molecule has 1 aromatic carbocycles. The fourth-order valence-corrected chi connectivity index (χ4v) is 3.53. The Morgan fingerprint density at radius 3 is 2.83 bits per heavy atom. The van der Waals surface area contributed by atoms with Gasteiger partial charge in [0.05, 0.1) is 11.8 Å². The van der Waals surface area contributed by atoms with E-state index >= 15 is 0 Å². The summed E-state index contributed by atoms with van der Waals surface area (Å²) in [5.74, 6) is 0.337. The van der Waals surface area contributed by atoms with Crippen molar-refractivity contribution >= 4 is 17.7 Å². The van der Waals surface area contributed by atoms with Gasteiger partial charge in [-0.15, -0.1) is 5.10 Å². The molecule has 1 aliphatic rings. The summed E-state index contributed by atoms with van der Waals surface area (Å²) in [6.45, 7) is 7.00. The highest BCUT2D eigenvalue weighted by Crippen LogP contribution is 2.36. The van der Waals surface area contributed by atoms with E-state index in [4.69, 9.17) is 0 Å². The number of hydrogen-bond donors (Lipinski definition) is 1. The van der Waals surface area contributed by atoms with E-state index in [9.17, 15) is 4.79 Å². The summed E-state index contributed by atoms with van der Waals surface area (Å²) in [5.41, 5.74) is 2.40. The number of hydrogen-bond acceptors (Lipinski definition) is 5. The van der Waals surface area contributed by atoms with Crippen molar-refractivity contribution in [2.45, 2.75) is 50.2 Å². The van der Waals surface area contributed by atoms with Crippen LogP contribution in [0.25, 0.3) is 0 Å². The maximum atomic E-state index is 12.2. The summed E-state index contributed by atoms with van der Waals surface area (Å²) >= 11 is 1.39. The fraction of sp³-hybridized carbons (Fsp3) is 0.529. The Morgan fingerprint density at radius 1 is 1.38 bits per heavy atom. The van der Waals surface area contributed by atoms with Crippen LogP contribution in [-0.4, -0.2) is 38.4 Å². The number of thioether (sulfide) groups is 1. The fourth-order valence-electron chi connectivity index (χ4n) is 2.76. The average molecular weight is 345 g/mol. The number of tetrazole rings is 1. The summed E-state index contributed by atoms with van der Waals surface area (Å²) in [6, 6.07) is 8.73. The molecule has 3 rings (SSSR count). The SMILES string of the molecule is Cc1ccccc1C(C)(C)CNC(=O)CSc1nnnn1C1CC1. The molecule has 1 amide bonds. The largest absolute Gasteiger partial charge is 0.355 e. The van der Waals surface area contributed by atoms with Crippen molar-refractivity contribution in [3.8, 4) is 0 Å². The quantitative estimate of drug-likeness (QED) is 0.781. The lowest BCUT2D eigenvalue weighted by Gasteiger charge is -2.27. The van der Waals surface area contributed by atoms with Gasteiger partial charge in [-0.3, -0.25) is 4.79 Å². The molecule has 1 fully saturated rings. The van der Waals surface area contributed by atoms with E-state index in [1.165, 1.54) is 22.9 Å². The predicted octanol–water partition coefficient (Wildman–Crippen LogP) is 2.50. The minimum absolute atomic E-state index is 0.00649. The molecule has 1 saturated carbocycles. The van der Waals surface area contributed by atoms with E-state index < -0.39 is 0 Å². The number of benzene rings is 1. The standard InChI is InChI=1S/C17H23N5OS/c1-12-6-4-5-7-14(12)17(2,3)11-18-15(23)10-24-16-19-20-21-22(16)13-8-9-13/h4-7,13H,8-11H2,1-3H3,(H,18,23). The van der Waals surface area contributed by atoms with Gasteiger partial charge in [0.1, 0.15) is 0 Å². The van der Waals surface area contributed by atoms with Crippen molar-refractivity contribution in [1.82, 2.24) is 25.5 Å². The Balaban J connectivity index is 1.52. The Hall–Kier alpha value is -1.89. The highest BCUT2D eigenvalue weighted by molar-refractivity contribution is 7.99. The van der Waals surface area contributed by atoms with Gasteiger partial charge in [-0.25, -0.2) is 4.68 Å². The molecule has 128 valence electrons. The number of nitrogens with zero attached hydrogens (tertiary/aromatic N) is 4. The summed E-state index contributed by atoms with van der Waals surface area (Å²) < 4.78 is 1.83. The molecule has 7 heteroatoms.